The minimum atomic E-state index is -0.232. The Kier molecular flexibility index (Phi) is 6.74. The second-order valence-electron chi connectivity index (χ2n) is 6.17. The number of nitroso groups, excluding NO2 is 1. The Morgan fingerprint density at radius 3 is 1.81 bits per heavy atom. The Morgan fingerprint density at radius 2 is 1.43 bits per heavy atom. The van der Waals surface area contributed by atoms with Crippen molar-refractivity contribution < 1.29 is 4.79 Å². The monoisotopic (exact) mass is 315 g/mol. The molecule has 120 valence electrons. The van der Waals surface area contributed by atoms with Crippen molar-refractivity contribution in [3.05, 3.63) is 4.91 Å². The Hall–Kier alpha value is -0.840. The van der Waals surface area contributed by atoms with E-state index in [0.717, 1.165) is 30.7 Å². The molecule has 6 heteroatoms. The maximum Gasteiger partial charge on any atom is 0.343 e. The number of nitrogens with zero attached hydrogens (tertiary/aromatic N) is 3. The fourth-order valence-corrected chi connectivity index (χ4v) is 3.87. The lowest BCUT2D eigenvalue weighted by Crippen LogP contribution is -2.53. The van der Waals surface area contributed by atoms with Crippen LogP contribution in [0.25, 0.3) is 0 Å². The largest absolute Gasteiger partial charge is 0.343 e. The first kappa shape index (κ1) is 16.5. The van der Waals surface area contributed by atoms with Gasteiger partial charge in [0.2, 0.25) is 0 Å². The third-order valence-corrected chi connectivity index (χ3v) is 4.94. The summed E-state index contributed by atoms with van der Waals surface area (Å²) in [5.74, 6) is 0.237. The van der Waals surface area contributed by atoms with Crippen LogP contribution in [-0.2, 0) is 0 Å². The van der Waals surface area contributed by atoms with Crippen LogP contribution < -0.4 is 0 Å². The van der Waals surface area contributed by atoms with Crippen LogP contribution in [0, 0.1) is 4.91 Å². The molecule has 0 aliphatic heterocycles. The molecule has 5 nitrogen and oxygen atoms in total. The highest BCUT2D eigenvalue weighted by Crippen LogP contribution is 2.31. The molecule has 0 heterocycles. The minimum absolute atomic E-state index is 0.194. The highest BCUT2D eigenvalue weighted by atomic mass is 35.5. The maximum absolute atomic E-state index is 12.8. The number of alkyl halides is 1. The smallest absolute Gasteiger partial charge is 0.317 e. The van der Waals surface area contributed by atoms with Crippen LogP contribution in [0.3, 0.4) is 0 Å². The fourth-order valence-electron chi connectivity index (χ4n) is 3.71. The van der Waals surface area contributed by atoms with Gasteiger partial charge >= 0.3 is 6.03 Å². The van der Waals surface area contributed by atoms with E-state index in [1.807, 2.05) is 4.90 Å². The van der Waals surface area contributed by atoms with Gasteiger partial charge < -0.3 is 4.90 Å². The lowest BCUT2D eigenvalue weighted by Gasteiger charge is -2.42. The van der Waals surface area contributed by atoms with Gasteiger partial charge in [0.15, 0.2) is 0 Å². The Labute approximate surface area is 131 Å². The van der Waals surface area contributed by atoms with Crippen LogP contribution >= 0.6 is 11.6 Å². The van der Waals surface area contributed by atoms with Crippen molar-refractivity contribution in [2.45, 2.75) is 76.3 Å². The van der Waals surface area contributed by atoms with Crippen LogP contribution in [0.5, 0.6) is 0 Å². The molecular weight excluding hydrogens is 290 g/mol. The molecule has 2 rings (SSSR count). The second-order valence-corrected chi connectivity index (χ2v) is 6.55. The molecule has 0 unspecified atom stereocenters. The number of carbonyl (C=O) groups excluding carboxylic acids is 1. The van der Waals surface area contributed by atoms with E-state index < -0.39 is 0 Å². The molecule has 0 atom stereocenters. The van der Waals surface area contributed by atoms with Gasteiger partial charge in [-0.25, -0.2) is 4.79 Å². The summed E-state index contributed by atoms with van der Waals surface area (Å²) in [6.45, 7) is 0.194. The van der Waals surface area contributed by atoms with Crippen molar-refractivity contribution >= 4 is 17.6 Å². The summed E-state index contributed by atoms with van der Waals surface area (Å²) in [5, 5.41) is 3.91. The highest BCUT2D eigenvalue weighted by Gasteiger charge is 2.35. The molecular formula is C15H26ClN3O2. The predicted octanol–water partition coefficient (Wildman–Crippen LogP) is 4.30. The van der Waals surface area contributed by atoms with Gasteiger partial charge in [0.1, 0.15) is 0 Å². The summed E-state index contributed by atoms with van der Waals surface area (Å²) in [6, 6.07) is 0.312. The van der Waals surface area contributed by atoms with Gasteiger partial charge in [-0.2, -0.15) is 5.01 Å². The van der Waals surface area contributed by atoms with E-state index in [-0.39, 0.29) is 30.5 Å². The first-order valence-corrected chi connectivity index (χ1v) is 8.80. The number of urea groups is 1. The number of rotatable bonds is 5. The molecule has 0 aromatic heterocycles. The molecule has 21 heavy (non-hydrogen) atoms. The number of hydrogen-bond acceptors (Lipinski definition) is 3. The minimum Gasteiger partial charge on any atom is -0.317 e. The second kappa shape index (κ2) is 8.57. The summed E-state index contributed by atoms with van der Waals surface area (Å²) < 4.78 is 0. The Balaban J connectivity index is 2.12. The first-order valence-electron chi connectivity index (χ1n) is 8.27. The molecule has 0 radical (unpaired) electrons. The highest BCUT2D eigenvalue weighted by molar-refractivity contribution is 6.18. The zero-order valence-electron chi connectivity index (χ0n) is 12.7. The van der Waals surface area contributed by atoms with Crippen molar-refractivity contribution in [2.75, 3.05) is 12.4 Å². The maximum atomic E-state index is 12.8. The van der Waals surface area contributed by atoms with E-state index in [0.29, 0.717) is 0 Å². The Morgan fingerprint density at radius 1 is 0.952 bits per heavy atom. The quantitative estimate of drug-likeness (QED) is 0.431. The van der Waals surface area contributed by atoms with Gasteiger partial charge in [-0.3, -0.25) is 0 Å². The number of amides is 2. The van der Waals surface area contributed by atoms with Crippen molar-refractivity contribution in [2.24, 2.45) is 5.29 Å². The van der Waals surface area contributed by atoms with Gasteiger partial charge in [0, 0.05) is 18.0 Å². The van der Waals surface area contributed by atoms with Gasteiger partial charge in [-0.1, -0.05) is 38.5 Å². The van der Waals surface area contributed by atoms with Gasteiger partial charge in [0.05, 0.1) is 11.8 Å². The molecule has 2 aliphatic rings. The van der Waals surface area contributed by atoms with E-state index >= 15 is 0 Å². The van der Waals surface area contributed by atoms with Crippen LogP contribution in [0.4, 0.5) is 4.79 Å². The molecule has 0 aromatic carbocycles. The summed E-state index contributed by atoms with van der Waals surface area (Å²) in [7, 11) is 0. The molecule has 0 spiro atoms. The van der Waals surface area contributed by atoms with E-state index in [1.165, 1.54) is 38.5 Å². The van der Waals surface area contributed by atoms with Gasteiger partial charge in [0.25, 0.3) is 0 Å². The van der Waals surface area contributed by atoms with Crippen molar-refractivity contribution in [3.63, 3.8) is 0 Å². The van der Waals surface area contributed by atoms with Crippen LogP contribution in [-0.4, -0.2) is 40.4 Å². The van der Waals surface area contributed by atoms with Crippen LogP contribution in [0.2, 0.25) is 0 Å². The van der Waals surface area contributed by atoms with E-state index in [9.17, 15) is 9.70 Å². The number of halogens is 1. The van der Waals surface area contributed by atoms with E-state index in [1.54, 1.807) is 0 Å². The van der Waals surface area contributed by atoms with Crippen LogP contribution in [0.1, 0.15) is 64.2 Å². The van der Waals surface area contributed by atoms with Crippen molar-refractivity contribution in [3.8, 4) is 0 Å². The third-order valence-electron chi connectivity index (χ3n) is 4.77. The molecule has 0 N–H and O–H groups in total. The fraction of sp³-hybridized carbons (Fsp3) is 0.933. The lowest BCUT2D eigenvalue weighted by atomic mass is 9.89. The van der Waals surface area contributed by atoms with E-state index in [2.05, 4.69) is 5.29 Å². The third kappa shape index (κ3) is 4.31. The Bertz CT molecular complexity index is 324. The first-order chi connectivity index (χ1) is 10.3. The molecule has 0 aromatic rings. The summed E-state index contributed by atoms with van der Waals surface area (Å²) >= 11 is 5.68. The molecule has 2 amide bonds. The summed E-state index contributed by atoms with van der Waals surface area (Å²) in [5.41, 5.74) is 0. The molecule has 0 saturated heterocycles. The normalized spacial score (nSPS) is 21.0. The molecule has 2 fully saturated rings. The van der Waals surface area contributed by atoms with E-state index in [4.69, 9.17) is 11.6 Å². The SMILES string of the molecule is O=NN(CCCl)C(=O)N(C1CCCCC1)C1CCCCC1. The number of hydrogen-bond donors (Lipinski definition) is 0. The van der Waals surface area contributed by atoms with Gasteiger partial charge in [-0.05, 0) is 25.7 Å². The van der Waals surface area contributed by atoms with Crippen LogP contribution in [0.15, 0.2) is 5.29 Å². The average Bonchev–Trinajstić information content (AvgIpc) is 2.55. The number of carbonyl (C=O) groups is 1. The topological polar surface area (TPSA) is 53.0 Å². The predicted molar refractivity (Wildman–Crippen MR) is 84.2 cm³/mol. The lowest BCUT2D eigenvalue weighted by molar-refractivity contribution is 0.0800. The zero-order chi connectivity index (χ0) is 15.1. The average molecular weight is 316 g/mol. The molecule has 2 aliphatic carbocycles. The van der Waals surface area contributed by atoms with Gasteiger partial charge in [-0.15, -0.1) is 16.5 Å². The summed E-state index contributed by atoms with van der Waals surface area (Å²) in [4.78, 5) is 25.7. The molecule has 0 bridgehead atoms. The summed E-state index contributed by atoms with van der Waals surface area (Å²) in [6.07, 6.45) is 11.4. The van der Waals surface area contributed by atoms with Crippen molar-refractivity contribution in [1.29, 1.82) is 0 Å². The molecule has 2 saturated carbocycles. The van der Waals surface area contributed by atoms with Crippen molar-refractivity contribution in [1.82, 2.24) is 9.91 Å². The zero-order valence-corrected chi connectivity index (χ0v) is 13.4. The standard InChI is InChI=1S/C15H26ClN3O2/c16-11-12-18(17-21)15(20)19(13-7-3-1-4-8-13)14-9-5-2-6-10-14/h13-14H,1-12H2.